The van der Waals surface area contributed by atoms with Crippen molar-refractivity contribution in [3.63, 3.8) is 0 Å². The molecule has 1 amide bonds. The lowest BCUT2D eigenvalue weighted by Gasteiger charge is -2.04. The quantitative estimate of drug-likeness (QED) is 0.837. The van der Waals surface area contributed by atoms with E-state index in [1.165, 1.54) is 13.2 Å². The van der Waals surface area contributed by atoms with Gasteiger partial charge in [-0.05, 0) is 28.1 Å². The average molecular weight is 247 g/mol. The molecule has 0 spiro atoms. The fourth-order valence-corrected chi connectivity index (χ4v) is 1.13. The normalized spacial score (nSPS) is 9.38. The summed E-state index contributed by atoms with van der Waals surface area (Å²) in [7, 11) is 1.46. The molecule has 6 heteroatoms. The topological polar surface area (TPSA) is 71.5 Å². The Bertz CT molecular complexity index is 330. The van der Waals surface area contributed by atoms with E-state index in [4.69, 9.17) is 9.84 Å². The highest BCUT2D eigenvalue weighted by molar-refractivity contribution is 9.10. The maximum atomic E-state index is 10.2. The Morgan fingerprint density at radius 3 is 2.92 bits per heavy atom. The van der Waals surface area contributed by atoms with Crippen LogP contribution in [0.2, 0.25) is 0 Å². The van der Waals surface area contributed by atoms with E-state index in [0.29, 0.717) is 10.4 Å². The predicted molar refractivity (Wildman–Crippen MR) is 50.1 cm³/mol. The minimum atomic E-state index is -1.16. The summed E-state index contributed by atoms with van der Waals surface area (Å²) in [5, 5.41) is 10.5. The highest BCUT2D eigenvalue weighted by atomic mass is 79.9. The number of ether oxygens (including phenoxy) is 1. The molecule has 1 rings (SSSR count). The molecule has 2 N–H and O–H groups in total. The second-order valence-corrected chi connectivity index (χ2v) is 2.97. The Kier molecular flexibility index (Phi) is 3.07. The number of carbonyl (C=O) groups is 1. The molecule has 0 atom stereocenters. The average Bonchev–Trinajstić information content (AvgIpc) is 2.07. The van der Waals surface area contributed by atoms with Crippen LogP contribution < -0.4 is 10.1 Å². The number of rotatable bonds is 2. The lowest BCUT2D eigenvalue weighted by atomic mass is 10.4. The fourth-order valence-electron chi connectivity index (χ4n) is 0.746. The number of nitrogens with one attached hydrogen (secondary N) is 1. The summed E-state index contributed by atoms with van der Waals surface area (Å²) in [4.78, 5) is 14.1. The molecule has 0 saturated carbocycles. The summed E-state index contributed by atoms with van der Waals surface area (Å²) in [6.07, 6.45) is -1.16. The Morgan fingerprint density at radius 1 is 1.69 bits per heavy atom. The van der Waals surface area contributed by atoms with Gasteiger partial charge >= 0.3 is 6.09 Å². The van der Waals surface area contributed by atoms with Crippen LogP contribution in [0.5, 0.6) is 5.88 Å². The smallest absolute Gasteiger partial charge is 0.410 e. The van der Waals surface area contributed by atoms with Crippen LogP contribution >= 0.6 is 15.9 Å². The van der Waals surface area contributed by atoms with Gasteiger partial charge in [0.05, 0.1) is 11.6 Å². The zero-order valence-electron chi connectivity index (χ0n) is 6.74. The van der Waals surface area contributed by atoms with E-state index in [-0.39, 0.29) is 5.82 Å². The SMILES string of the molecule is COc1nc(NC(=O)O)ccc1Br. The third-order valence-corrected chi connectivity index (χ3v) is 1.85. The summed E-state index contributed by atoms with van der Waals surface area (Å²) in [5.74, 6) is 0.568. The van der Waals surface area contributed by atoms with Crippen LogP contribution in [0.4, 0.5) is 10.6 Å². The van der Waals surface area contributed by atoms with Crippen LogP contribution in [-0.2, 0) is 0 Å². The van der Waals surface area contributed by atoms with E-state index < -0.39 is 6.09 Å². The van der Waals surface area contributed by atoms with Crippen LogP contribution in [0.1, 0.15) is 0 Å². The molecule has 0 saturated heterocycles. The molecule has 0 unspecified atom stereocenters. The molecule has 70 valence electrons. The minimum absolute atomic E-state index is 0.229. The van der Waals surface area contributed by atoms with Crippen molar-refractivity contribution in [2.45, 2.75) is 0 Å². The third kappa shape index (κ3) is 2.59. The van der Waals surface area contributed by atoms with Gasteiger partial charge in [-0.15, -0.1) is 0 Å². The van der Waals surface area contributed by atoms with E-state index in [1.54, 1.807) is 6.07 Å². The number of pyridine rings is 1. The molecule has 13 heavy (non-hydrogen) atoms. The number of methoxy groups -OCH3 is 1. The maximum absolute atomic E-state index is 10.2. The molecular weight excluding hydrogens is 240 g/mol. The van der Waals surface area contributed by atoms with E-state index in [1.807, 2.05) is 0 Å². The molecule has 1 aromatic rings. The van der Waals surface area contributed by atoms with Gasteiger partial charge < -0.3 is 9.84 Å². The molecule has 1 aromatic heterocycles. The van der Waals surface area contributed by atoms with Crippen molar-refractivity contribution in [1.82, 2.24) is 4.98 Å². The second kappa shape index (κ2) is 4.08. The molecular formula is C7H7BrN2O3. The number of anilines is 1. The first-order valence-electron chi connectivity index (χ1n) is 3.34. The Balaban J connectivity index is 2.92. The van der Waals surface area contributed by atoms with E-state index >= 15 is 0 Å². The Morgan fingerprint density at radius 2 is 2.38 bits per heavy atom. The molecule has 1 heterocycles. The highest BCUT2D eigenvalue weighted by Crippen LogP contribution is 2.23. The van der Waals surface area contributed by atoms with Gasteiger partial charge in [0.2, 0.25) is 5.88 Å². The van der Waals surface area contributed by atoms with Crippen molar-refractivity contribution in [1.29, 1.82) is 0 Å². The number of hydrogen-bond donors (Lipinski definition) is 2. The molecule has 5 nitrogen and oxygen atoms in total. The monoisotopic (exact) mass is 246 g/mol. The van der Waals surface area contributed by atoms with Crippen LogP contribution in [0.15, 0.2) is 16.6 Å². The molecule has 0 aliphatic heterocycles. The first-order valence-corrected chi connectivity index (χ1v) is 4.13. The lowest BCUT2D eigenvalue weighted by molar-refractivity contribution is 0.209. The molecule has 0 bridgehead atoms. The predicted octanol–water partition coefficient (Wildman–Crippen LogP) is 1.94. The van der Waals surface area contributed by atoms with Crippen LogP contribution in [-0.4, -0.2) is 23.3 Å². The number of nitrogens with zero attached hydrogens (tertiary/aromatic N) is 1. The summed E-state index contributed by atoms with van der Waals surface area (Å²) >= 11 is 3.19. The van der Waals surface area contributed by atoms with Crippen molar-refractivity contribution >= 4 is 27.8 Å². The molecule has 0 fully saturated rings. The largest absolute Gasteiger partial charge is 0.480 e. The van der Waals surface area contributed by atoms with E-state index in [9.17, 15) is 4.79 Å². The van der Waals surface area contributed by atoms with Gasteiger partial charge in [-0.2, -0.15) is 4.98 Å². The van der Waals surface area contributed by atoms with Crippen molar-refractivity contribution in [3.8, 4) is 5.88 Å². The molecule has 0 aliphatic carbocycles. The van der Waals surface area contributed by atoms with Gasteiger partial charge in [0, 0.05) is 0 Å². The number of hydrogen-bond acceptors (Lipinski definition) is 3. The Labute approximate surface area is 82.9 Å². The standard InChI is InChI=1S/C7H7BrN2O3/c1-13-6-4(8)2-3-5(9-6)10-7(11)12/h2-3H,1H3,(H,9,10)(H,11,12). The third-order valence-electron chi connectivity index (χ3n) is 1.24. The summed E-state index contributed by atoms with van der Waals surface area (Å²) in [6, 6.07) is 3.18. The van der Waals surface area contributed by atoms with Crippen LogP contribution in [0.3, 0.4) is 0 Å². The van der Waals surface area contributed by atoms with Crippen molar-refractivity contribution in [2.24, 2.45) is 0 Å². The van der Waals surface area contributed by atoms with E-state index in [2.05, 4.69) is 26.2 Å². The molecule has 0 aromatic carbocycles. The van der Waals surface area contributed by atoms with Gasteiger partial charge in [0.15, 0.2) is 0 Å². The van der Waals surface area contributed by atoms with Gasteiger partial charge in [0.25, 0.3) is 0 Å². The van der Waals surface area contributed by atoms with Crippen molar-refractivity contribution in [2.75, 3.05) is 12.4 Å². The van der Waals surface area contributed by atoms with Crippen molar-refractivity contribution < 1.29 is 14.6 Å². The first-order chi connectivity index (χ1) is 6.13. The minimum Gasteiger partial charge on any atom is -0.480 e. The lowest BCUT2D eigenvalue weighted by Crippen LogP contribution is -2.08. The number of amides is 1. The van der Waals surface area contributed by atoms with Crippen molar-refractivity contribution in [3.05, 3.63) is 16.6 Å². The summed E-state index contributed by atoms with van der Waals surface area (Å²) in [5.41, 5.74) is 0. The number of aromatic nitrogens is 1. The Hall–Kier alpha value is -1.30. The van der Waals surface area contributed by atoms with Gasteiger partial charge in [-0.3, -0.25) is 5.32 Å². The van der Waals surface area contributed by atoms with Gasteiger partial charge in [-0.25, -0.2) is 4.79 Å². The van der Waals surface area contributed by atoms with Gasteiger partial charge in [0.1, 0.15) is 5.82 Å². The summed E-state index contributed by atoms with van der Waals surface area (Å²) in [6.45, 7) is 0. The van der Waals surface area contributed by atoms with Crippen LogP contribution in [0, 0.1) is 0 Å². The first kappa shape index (κ1) is 9.79. The summed E-state index contributed by atoms with van der Waals surface area (Å²) < 4.78 is 5.55. The second-order valence-electron chi connectivity index (χ2n) is 2.12. The number of halogens is 1. The molecule has 0 radical (unpaired) electrons. The molecule has 0 aliphatic rings. The maximum Gasteiger partial charge on any atom is 0.410 e. The highest BCUT2D eigenvalue weighted by Gasteiger charge is 2.04. The fraction of sp³-hybridized carbons (Fsp3) is 0.143. The number of carboxylic acid groups (broad SMARTS) is 1. The van der Waals surface area contributed by atoms with Gasteiger partial charge in [-0.1, -0.05) is 0 Å². The zero-order chi connectivity index (χ0) is 9.84. The van der Waals surface area contributed by atoms with Crippen LogP contribution in [0.25, 0.3) is 0 Å². The zero-order valence-corrected chi connectivity index (χ0v) is 8.33. The van der Waals surface area contributed by atoms with E-state index in [0.717, 1.165) is 0 Å².